The Bertz CT molecular complexity index is 45.4. The first-order chi connectivity index (χ1) is 3.06. The van der Waals surface area contributed by atoms with E-state index in [2.05, 4.69) is 0 Å². The van der Waals surface area contributed by atoms with Crippen LogP contribution in [0.15, 0.2) is 0 Å². The Hall–Kier alpha value is -0.160. The average Bonchev–Trinajstić information content (AvgIpc) is 1.30. The molecule has 1 radical (unpaired) electrons. The van der Waals surface area contributed by atoms with Crippen LogP contribution in [-0.2, 0) is 5.11 Å². The zero-order valence-corrected chi connectivity index (χ0v) is 3.66. The molecule has 7 heavy (non-hydrogen) atoms. The summed E-state index contributed by atoms with van der Waals surface area (Å²) in [6.07, 6.45) is -0.549. The molecule has 4 heteroatoms. The lowest BCUT2D eigenvalue weighted by molar-refractivity contribution is -0.318. The van der Waals surface area contributed by atoms with E-state index in [4.69, 9.17) is 15.3 Å². The van der Waals surface area contributed by atoms with Gasteiger partial charge in [-0.1, -0.05) is 0 Å². The molecular weight excluding hydrogens is 100 g/mol. The fraction of sp³-hybridized carbons (Fsp3) is 1.00. The van der Waals surface area contributed by atoms with Crippen LogP contribution in [0.1, 0.15) is 6.42 Å². The van der Waals surface area contributed by atoms with Gasteiger partial charge in [-0.2, -0.15) is 0 Å². The van der Waals surface area contributed by atoms with E-state index in [0.717, 1.165) is 0 Å². The van der Waals surface area contributed by atoms with Crippen LogP contribution in [0.5, 0.6) is 0 Å². The molecule has 0 aliphatic rings. The van der Waals surface area contributed by atoms with E-state index in [1.54, 1.807) is 0 Å². The monoisotopic (exact) mass is 107 g/mol. The van der Waals surface area contributed by atoms with Crippen molar-refractivity contribution in [2.24, 2.45) is 0 Å². The molecular formula is C3H7O4. The number of hydrogen-bond donors (Lipinski definition) is 3. The number of aliphatic hydroxyl groups is 3. The molecule has 0 saturated carbocycles. The highest BCUT2D eigenvalue weighted by Gasteiger charge is 2.15. The van der Waals surface area contributed by atoms with Crippen LogP contribution >= 0.6 is 0 Å². The van der Waals surface area contributed by atoms with Crippen LogP contribution in [0.4, 0.5) is 0 Å². The molecule has 43 valence electrons. The lowest BCUT2D eigenvalue weighted by Gasteiger charge is -2.09. The molecule has 0 unspecified atom stereocenters. The van der Waals surface area contributed by atoms with E-state index in [-0.39, 0.29) is 0 Å². The van der Waals surface area contributed by atoms with Crippen LogP contribution in [0.2, 0.25) is 0 Å². The molecule has 0 atom stereocenters. The largest absolute Gasteiger partial charge is 0.344 e. The van der Waals surface area contributed by atoms with Gasteiger partial charge in [0, 0.05) is 0 Å². The summed E-state index contributed by atoms with van der Waals surface area (Å²) in [6.45, 7) is -0.691. The Kier molecular flexibility index (Phi) is 2.17. The number of hydrogen-bond acceptors (Lipinski definition) is 3. The Balaban J connectivity index is 3.15. The number of rotatable bonds is 2. The minimum absolute atomic E-state index is 0.549. The molecule has 0 rings (SSSR count). The van der Waals surface area contributed by atoms with Crippen molar-refractivity contribution in [2.45, 2.75) is 12.4 Å². The van der Waals surface area contributed by atoms with Gasteiger partial charge in [0.1, 0.15) is 0 Å². The van der Waals surface area contributed by atoms with Gasteiger partial charge in [-0.15, -0.1) is 0 Å². The molecule has 0 bridgehead atoms. The molecule has 3 N–H and O–H groups in total. The quantitative estimate of drug-likeness (QED) is 0.373. The maximum Gasteiger partial charge on any atom is 0.277 e. The predicted octanol–water partition coefficient (Wildman–Crippen LogP) is -1.56. The zero-order chi connectivity index (χ0) is 5.91. The first-order valence-electron chi connectivity index (χ1n) is 1.81. The van der Waals surface area contributed by atoms with Crippen molar-refractivity contribution in [3.63, 3.8) is 0 Å². The highest BCUT2D eigenvalue weighted by molar-refractivity contribution is 4.41. The summed E-state index contributed by atoms with van der Waals surface area (Å²) in [6, 6.07) is 0. The highest BCUT2D eigenvalue weighted by Crippen LogP contribution is 1.96. The first kappa shape index (κ1) is 6.84. The first-order valence-corrected chi connectivity index (χ1v) is 1.81. The maximum atomic E-state index is 9.47. The van der Waals surface area contributed by atoms with Crippen molar-refractivity contribution in [3.05, 3.63) is 0 Å². The van der Waals surface area contributed by atoms with Crippen LogP contribution in [0.3, 0.4) is 0 Å². The molecule has 0 aromatic rings. The third kappa shape index (κ3) is 5.84. The molecule has 0 fully saturated rings. The van der Waals surface area contributed by atoms with E-state index in [0.29, 0.717) is 0 Å². The summed E-state index contributed by atoms with van der Waals surface area (Å²) in [5.74, 6) is -2.76. The second-order valence-electron chi connectivity index (χ2n) is 1.23. The zero-order valence-electron chi connectivity index (χ0n) is 3.66. The Labute approximate surface area is 40.6 Å². The Morgan fingerprint density at radius 1 is 1.29 bits per heavy atom. The van der Waals surface area contributed by atoms with Gasteiger partial charge < -0.3 is 15.3 Å². The summed E-state index contributed by atoms with van der Waals surface area (Å²) in [5, 5.41) is 33.3. The normalized spacial score (nSPS) is 12.0. The lowest BCUT2D eigenvalue weighted by atomic mass is 10.4. The van der Waals surface area contributed by atoms with Crippen molar-refractivity contribution in [1.29, 1.82) is 0 Å². The minimum Gasteiger partial charge on any atom is -0.344 e. The Morgan fingerprint density at radius 3 is 1.71 bits per heavy atom. The van der Waals surface area contributed by atoms with Crippen molar-refractivity contribution in [3.8, 4) is 0 Å². The van der Waals surface area contributed by atoms with Crippen molar-refractivity contribution < 1.29 is 20.4 Å². The van der Waals surface area contributed by atoms with Crippen molar-refractivity contribution in [1.82, 2.24) is 0 Å². The fourth-order valence-electron chi connectivity index (χ4n) is 0.137. The molecule has 0 aromatic heterocycles. The van der Waals surface area contributed by atoms with Gasteiger partial charge in [0.15, 0.2) is 0 Å². The molecule has 0 amide bonds. The maximum absolute atomic E-state index is 9.47. The molecule has 0 aliphatic carbocycles. The van der Waals surface area contributed by atoms with Crippen LogP contribution in [0, 0.1) is 0 Å². The van der Waals surface area contributed by atoms with E-state index in [1.807, 2.05) is 0 Å². The molecule has 0 aromatic carbocycles. The van der Waals surface area contributed by atoms with Crippen LogP contribution in [-0.4, -0.2) is 27.9 Å². The lowest BCUT2D eigenvalue weighted by Crippen LogP contribution is -2.27. The summed E-state index contributed by atoms with van der Waals surface area (Å²) in [5.41, 5.74) is 0. The summed E-state index contributed by atoms with van der Waals surface area (Å²) >= 11 is 0. The smallest absolute Gasteiger partial charge is 0.277 e. The van der Waals surface area contributed by atoms with Crippen LogP contribution in [0.25, 0.3) is 0 Å². The van der Waals surface area contributed by atoms with Gasteiger partial charge in [0.25, 0.3) is 5.97 Å². The third-order valence-corrected chi connectivity index (χ3v) is 0.437. The van der Waals surface area contributed by atoms with Crippen molar-refractivity contribution in [2.75, 3.05) is 6.61 Å². The van der Waals surface area contributed by atoms with E-state index >= 15 is 0 Å². The van der Waals surface area contributed by atoms with Gasteiger partial charge in [-0.05, 0) is 0 Å². The van der Waals surface area contributed by atoms with Gasteiger partial charge in [0.2, 0.25) is 0 Å². The van der Waals surface area contributed by atoms with Gasteiger partial charge in [-0.25, -0.2) is 5.11 Å². The molecule has 0 spiro atoms. The molecule has 0 aliphatic heterocycles. The molecule has 4 nitrogen and oxygen atoms in total. The Morgan fingerprint density at radius 2 is 1.71 bits per heavy atom. The van der Waals surface area contributed by atoms with Crippen LogP contribution < -0.4 is 0 Å². The summed E-state index contributed by atoms with van der Waals surface area (Å²) in [7, 11) is 0. The highest BCUT2D eigenvalue weighted by atomic mass is 16.7. The SMILES string of the molecule is [O]CCC(O)(O)O. The van der Waals surface area contributed by atoms with Crippen molar-refractivity contribution >= 4 is 0 Å². The second kappa shape index (κ2) is 2.23. The third-order valence-electron chi connectivity index (χ3n) is 0.437. The average molecular weight is 107 g/mol. The van der Waals surface area contributed by atoms with Gasteiger partial charge in [0.05, 0.1) is 13.0 Å². The molecule has 0 saturated heterocycles. The molecule has 0 heterocycles. The minimum atomic E-state index is -2.76. The second-order valence-corrected chi connectivity index (χ2v) is 1.23. The standard InChI is InChI=1S/C3H7O4/c4-2-1-3(5,6)7/h5-7H,1-2H2. The van der Waals surface area contributed by atoms with E-state index < -0.39 is 19.0 Å². The summed E-state index contributed by atoms with van der Waals surface area (Å²) < 4.78 is 0. The van der Waals surface area contributed by atoms with Gasteiger partial charge >= 0.3 is 0 Å². The topological polar surface area (TPSA) is 80.6 Å². The van der Waals surface area contributed by atoms with E-state index in [9.17, 15) is 5.11 Å². The van der Waals surface area contributed by atoms with E-state index in [1.165, 1.54) is 0 Å². The summed E-state index contributed by atoms with van der Waals surface area (Å²) in [4.78, 5) is 0. The fourth-order valence-corrected chi connectivity index (χ4v) is 0.137. The predicted molar refractivity (Wildman–Crippen MR) is 19.6 cm³/mol. The van der Waals surface area contributed by atoms with Gasteiger partial charge in [-0.3, -0.25) is 0 Å².